The Labute approximate surface area is 88.3 Å². The maximum atomic E-state index is 10.7. The number of unbranched alkanes of at least 4 members (excludes halogenated alkanes) is 3. The summed E-state index contributed by atoms with van der Waals surface area (Å²) in [6.45, 7) is 2.27. The number of ether oxygens (including phenoxy) is 1. The molecule has 0 unspecified atom stereocenters. The lowest BCUT2D eigenvalue weighted by atomic mass is 10.2. The van der Waals surface area contributed by atoms with Crippen molar-refractivity contribution in [2.24, 2.45) is 0 Å². The first-order valence-corrected chi connectivity index (χ1v) is 6.66. The van der Waals surface area contributed by atoms with Crippen LogP contribution >= 0.6 is 10.7 Å². The van der Waals surface area contributed by atoms with Crippen molar-refractivity contribution >= 4 is 26.0 Å². The van der Waals surface area contributed by atoms with Crippen LogP contribution in [0, 0.1) is 0 Å². The summed E-state index contributed by atoms with van der Waals surface area (Å²) in [7, 11) is 0.728. The number of hydrogen-bond acceptors (Lipinski definition) is 4. The molecule has 0 aromatic rings. The molecule has 0 rings (SSSR count). The summed E-state index contributed by atoms with van der Waals surface area (Å²) in [6.07, 6.45) is 2.80. The Morgan fingerprint density at radius 3 is 2.50 bits per heavy atom. The second-order valence-electron chi connectivity index (χ2n) is 2.74. The minimum absolute atomic E-state index is 0.207. The van der Waals surface area contributed by atoms with Gasteiger partial charge in [0.2, 0.25) is 0 Å². The Bertz CT molecular complexity index is 265. The lowest BCUT2D eigenvalue weighted by Gasteiger charge is -2.03. The predicted octanol–water partition coefficient (Wildman–Crippen LogP) is 1.78. The lowest BCUT2D eigenvalue weighted by Crippen LogP contribution is -2.27. The van der Waals surface area contributed by atoms with E-state index in [4.69, 9.17) is 10.7 Å². The summed E-state index contributed by atoms with van der Waals surface area (Å²) in [4.78, 5) is 10.7. The molecule has 0 aromatic carbocycles. The fourth-order valence-corrected chi connectivity index (χ4v) is 1.27. The maximum absolute atomic E-state index is 10.7. The van der Waals surface area contributed by atoms with Gasteiger partial charge in [-0.05, 0) is 6.42 Å². The van der Waals surface area contributed by atoms with E-state index in [-0.39, 0.29) is 6.61 Å². The second-order valence-corrected chi connectivity index (χ2v) is 5.04. The van der Waals surface area contributed by atoms with Gasteiger partial charge in [-0.15, -0.1) is 0 Å². The van der Waals surface area contributed by atoms with Crippen molar-refractivity contribution in [2.45, 2.75) is 32.6 Å². The van der Waals surface area contributed by atoms with Gasteiger partial charge in [0, 0.05) is 10.7 Å². The minimum atomic E-state index is -4.02. The van der Waals surface area contributed by atoms with Crippen LogP contribution in [0.1, 0.15) is 32.6 Å². The minimum Gasteiger partial charge on any atom is -0.449 e. The van der Waals surface area contributed by atoms with Gasteiger partial charge in [0.15, 0.2) is 0 Å². The van der Waals surface area contributed by atoms with Crippen LogP contribution in [-0.2, 0) is 14.0 Å². The van der Waals surface area contributed by atoms with Crippen molar-refractivity contribution in [1.29, 1.82) is 0 Å². The first kappa shape index (κ1) is 13.5. The van der Waals surface area contributed by atoms with E-state index in [0.717, 1.165) is 25.7 Å². The molecule has 5 nitrogen and oxygen atoms in total. The molecule has 84 valence electrons. The molecule has 1 N–H and O–H groups in total. The van der Waals surface area contributed by atoms with Crippen LogP contribution in [0.2, 0.25) is 0 Å². The van der Waals surface area contributed by atoms with E-state index in [9.17, 15) is 13.2 Å². The zero-order chi connectivity index (χ0) is 11.0. The lowest BCUT2D eigenvalue weighted by molar-refractivity contribution is 0.150. The molecule has 0 aliphatic carbocycles. The second kappa shape index (κ2) is 6.89. The van der Waals surface area contributed by atoms with Gasteiger partial charge < -0.3 is 4.74 Å². The number of nitrogens with one attached hydrogen (secondary N) is 1. The van der Waals surface area contributed by atoms with Gasteiger partial charge in [-0.2, -0.15) is 8.42 Å². The average Bonchev–Trinajstić information content (AvgIpc) is 2.00. The van der Waals surface area contributed by atoms with Gasteiger partial charge in [-0.1, -0.05) is 26.2 Å². The van der Waals surface area contributed by atoms with Crippen molar-refractivity contribution in [1.82, 2.24) is 4.72 Å². The third kappa shape index (κ3) is 9.60. The van der Waals surface area contributed by atoms with E-state index in [0.29, 0.717) is 0 Å². The van der Waals surface area contributed by atoms with Crippen LogP contribution < -0.4 is 4.72 Å². The van der Waals surface area contributed by atoms with E-state index in [1.165, 1.54) is 4.72 Å². The largest absolute Gasteiger partial charge is 0.449 e. The molecule has 0 radical (unpaired) electrons. The van der Waals surface area contributed by atoms with Gasteiger partial charge in [0.05, 0.1) is 6.61 Å². The molecule has 0 atom stereocenters. The summed E-state index contributed by atoms with van der Waals surface area (Å²) < 4.78 is 26.7. The highest BCUT2D eigenvalue weighted by atomic mass is 35.7. The Morgan fingerprint density at radius 1 is 1.36 bits per heavy atom. The molecule has 0 fully saturated rings. The fraction of sp³-hybridized carbons (Fsp3) is 0.857. The third-order valence-electron chi connectivity index (χ3n) is 1.44. The fourth-order valence-electron chi connectivity index (χ4n) is 0.823. The first-order chi connectivity index (χ1) is 6.45. The number of rotatable bonds is 6. The highest BCUT2D eigenvalue weighted by molar-refractivity contribution is 8.12. The van der Waals surface area contributed by atoms with E-state index in [1.54, 1.807) is 0 Å². The number of carbonyl (C=O) groups is 1. The summed E-state index contributed by atoms with van der Waals surface area (Å²) in [5, 5.41) is 0. The molecule has 1 amide bonds. The smallest absolute Gasteiger partial charge is 0.421 e. The van der Waals surface area contributed by atoms with Crippen LogP contribution in [0.5, 0.6) is 0 Å². The van der Waals surface area contributed by atoms with E-state index >= 15 is 0 Å². The highest BCUT2D eigenvalue weighted by Gasteiger charge is 2.10. The predicted molar refractivity (Wildman–Crippen MR) is 53.4 cm³/mol. The van der Waals surface area contributed by atoms with Crippen LogP contribution in [0.15, 0.2) is 0 Å². The van der Waals surface area contributed by atoms with E-state index in [1.807, 2.05) is 0 Å². The number of hydrogen-bond donors (Lipinski definition) is 1. The van der Waals surface area contributed by atoms with Gasteiger partial charge >= 0.3 is 15.3 Å². The van der Waals surface area contributed by atoms with Crippen LogP contribution in [0.25, 0.3) is 0 Å². The molecule has 0 saturated heterocycles. The zero-order valence-corrected chi connectivity index (χ0v) is 9.53. The molecule has 7 heteroatoms. The molecule has 0 aromatic heterocycles. The SMILES string of the molecule is CCCCCCOC(=O)NS(=O)(=O)Cl. The van der Waals surface area contributed by atoms with Crippen molar-refractivity contribution in [3.63, 3.8) is 0 Å². The van der Waals surface area contributed by atoms with E-state index in [2.05, 4.69) is 11.7 Å². The highest BCUT2D eigenvalue weighted by Crippen LogP contribution is 1.99. The molecule has 0 bridgehead atoms. The molecule has 0 heterocycles. The van der Waals surface area contributed by atoms with Crippen LogP contribution in [0.3, 0.4) is 0 Å². The van der Waals surface area contributed by atoms with Crippen molar-refractivity contribution in [2.75, 3.05) is 6.61 Å². The Morgan fingerprint density at radius 2 is 2.00 bits per heavy atom. The number of halogens is 1. The van der Waals surface area contributed by atoms with Gasteiger partial charge in [-0.25, -0.2) is 9.52 Å². The van der Waals surface area contributed by atoms with Crippen LogP contribution in [0.4, 0.5) is 4.79 Å². The average molecular weight is 244 g/mol. The molecular formula is C7H14ClNO4S. The molecule has 14 heavy (non-hydrogen) atoms. The zero-order valence-electron chi connectivity index (χ0n) is 7.95. The van der Waals surface area contributed by atoms with Gasteiger partial charge in [-0.3, -0.25) is 0 Å². The monoisotopic (exact) mass is 243 g/mol. The van der Waals surface area contributed by atoms with Crippen molar-refractivity contribution in [3.8, 4) is 0 Å². The molecular weight excluding hydrogens is 230 g/mol. The van der Waals surface area contributed by atoms with Crippen molar-refractivity contribution < 1.29 is 17.9 Å². The molecule has 0 aliphatic rings. The maximum Gasteiger partial charge on any atom is 0.421 e. The van der Waals surface area contributed by atoms with Crippen molar-refractivity contribution in [3.05, 3.63) is 0 Å². The quantitative estimate of drug-likeness (QED) is 0.570. The Hall–Kier alpha value is -0.490. The van der Waals surface area contributed by atoms with Gasteiger partial charge in [0.1, 0.15) is 0 Å². The normalized spacial score (nSPS) is 11.0. The molecule has 0 aliphatic heterocycles. The summed E-state index contributed by atoms with van der Waals surface area (Å²) in [6, 6.07) is 0. The molecule has 0 saturated carbocycles. The summed E-state index contributed by atoms with van der Waals surface area (Å²) in [5.74, 6) is 0. The first-order valence-electron chi connectivity index (χ1n) is 4.35. The van der Waals surface area contributed by atoms with Gasteiger partial charge in [0.25, 0.3) is 0 Å². The number of carbonyl (C=O) groups excluding carboxylic acids is 1. The Kier molecular flexibility index (Phi) is 6.65. The standard InChI is InChI=1S/C7H14ClNO4S/c1-2-3-4-5-6-13-7(10)9-14(8,11)12/h2-6H2,1H3,(H,9,10). The Balaban J connectivity index is 3.46. The summed E-state index contributed by atoms with van der Waals surface area (Å²) >= 11 is 0. The third-order valence-corrected chi connectivity index (χ3v) is 2.08. The topological polar surface area (TPSA) is 72.5 Å². The number of amides is 1. The van der Waals surface area contributed by atoms with Crippen LogP contribution in [-0.4, -0.2) is 21.1 Å². The molecule has 0 spiro atoms. The summed E-state index contributed by atoms with van der Waals surface area (Å²) in [5.41, 5.74) is 0. The van der Waals surface area contributed by atoms with E-state index < -0.39 is 15.3 Å².